The Morgan fingerprint density at radius 1 is 0.870 bits per heavy atom. The quantitative estimate of drug-likeness (QED) is 0.689. The molecule has 0 aliphatic carbocycles. The summed E-state index contributed by atoms with van der Waals surface area (Å²) in [5.41, 5.74) is 2.17. The predicted octanol–water partition coefficient (Wildman–Crippen LogP) is 4.57. The van der Waals surface area contributed by atoms with Crippen molar-refractivity contribution in [2.75, 3.05) is 0 Å². The second-order valence-electron chi connectivity index (χ2n) is 5.63. The molecule has 0 amide bonds. The van der Waals surface area contributed by atoms with Crippen molar-refractivity contribution in [1.29, 1.82) is 0 Å². The molecule has 0 bridgehead atoms. The lowest BCUT2D eigenvalue weighted by atomic mass is 10.0. The maximum atomic E-state index is 11.9. The molecule has 2 rings (SSSR count). The Bertz CT molecular complexity index is 606. The summed E-state index contributed by atoms with van der Waals surface area (Å²) in [5.74, 6) is 0.712. The minimum Gasteiger partial charge on any atom is -0.508 e. The Morgan fingerprint density at radius 2 is 1.48 bits per heavy atom. The van der Waals surface area contributed by atoms with Crippen molar-refractivity contribution in [2.24, 2.45) is 0 Å². The molecule has 1 N–H and O–H groups in total. The Kier molecular flexibility index (Phi) is 6.60. The summed E-state index contributed by atoms with van der Waals surface area (Å²) in [7, 11) is 0. The van der Waals surface area contributed by atoms with Crippen LogP contribution in [0.15, 0.2) is 48.5 Å². The molecule has 0 aliphatic heterocycles. The van der Waals surface area contributed by atoms with Crippen LogP contribution in [0.3, 0.4) is 0 Å². The van der Waals surface area contributed by atoms with Gasteiger partial charge in [0.05, 0.1) is 0 Å². The van der Waals surface area contributed by atoms with E-state index in [9.17, 15) is 14.4 Å². The first-order valence-electron chi connectivity index (χ1n) is 7.84. The van der Waals surface area contributed by atoms with Crippen molar-refractivity contribution in [2.45, 2.75) is 38.5 Å². The van der Waals surface area contributed by atoms with E-state index in [1.807, 2.05) is 24.3 Å². The molecule has 23 heavy (non-hydrogen) atoms. The van der Waals surface area contributed by atoms with E-state index in [0.717, 1.165) is 30.4 Å². The van der Waals surface area contributed by atoms with Gasteiger partial charge in [0.2, 0.25) is 0 Å². The van der Waals surface area contributed by atoms with Gasteiger partial charge in [-0.15, -0.1) is 0 Å². The predicted molar refractivity (Wildman–Crippen MR) is 87.2 cm³/mol. The maximum absolute atomic E-state index is 11.9. The highest BCUT2D eigenvalue weighted by atomic mass is 19.3. The number of hydrogen-bond acceptors (Lipinski definition) is 3. The van der Waals surface area contributed by atoms with Gasteiger partial charge in [-0.25, -0.2) is 0 Å². The van der Waals surface area contributed by atoms with E-state index < -0.39 is 0 Å². The Balaban J connectivity index is 1.61. The fourth-order valence-corrected chi connectivity index (χ4v) is 2.43. The molecule has 0 heterocycles. The van der Waals surface area contributed by atoms with Crippen LogP contribution in [-0.4, -0.2) is 10.9 Å². The van der Waals surface area contributed by atoms with Crippen LogP contribution in [-0.2, 0) is 17.6 Å². The van der Waals surface area contributed by atoms with Gasteiger partial charge in [0.1, 0.15) is 11.5 Å². The van der Waals surface area contributed by atoms with Gasteiger partial charge < -0.3 is 5.11 Å². The van der Waals surface area contributed by atoms with E-state index in [-0.39, 0.29) is 17.3 Å². The van der Waals surface area contributed by atoms with Crippen LogP contribution >= 0.6 is 0 Å². The number of aryl methyl sites for hydroxylation is 2. The van der Waals surface area contributed by atoms with Crippen LogP contribution in [0.5, 0.6) is 11.5 Å². The number of rotatable bonds is 9. The Labute approximate surface area is 135 Å². The maximum Gasteiger partial charge on any atom is 0.171 e. The number of halogens is 1. The third kappa shape index (κ3) is 6.10. The van der Waals surface area contributed by atoms with Crippen molar-refractivity contribution in [3.05, 3.63) is 59.7 Å². The van der Waals surface area contributed by atoms with E-state index >= 15 is 0 Å². The van der Waals surface area contributed by atoms with Crippen molar-refractivity contribution < 1.29 is 19.4 Å². The topological polar surface area (TPSA) is 46.5 Å². The summed E-state index contributed by atoms with van der Waals surface area (Å²) in [6, 6.07) is 13.8. The lowest BCUT2D eigenvalue weighted by molar-refractivity contribution is -0.119. The van der Waals surface area contributed by atoms with E-state index in [1.165, 1.54) is 0 Å². The van der Waals surface area contributed by atoms with E-state index in [1.54, 1.807) is 24.3 Å². The molecule has 3 nitrogen and oxygen atoms in total. The number of benzene rings is 2. The normalized spacial score (nSPS) is 10.5. The fraction of sp³-hybridized carbons (Fsp3) is 0.316. The number of phenols is 1. The van der Waals surface area contributed by atoms with Gasteiger partial charge in [-0.3, -0.25) is 9.74 Å². The van der Waals surface area contributed by atoms with Crippen LogP contribution in [0.4, 0.5) is 4.53 Å². The van der Waals surface area contributed by atoms with E-state index in [2.05, 4.69) is 4.94 Å². The molecule has 0 unspecified atom stereocenters. The van der Waals surface area contributed by atoms with Gasteiger partial charge >= 0.3 is 0 Å². The zero-order valence-electron chi connectivity index (χ0n) is 13.0. The van der Waals surface area contributed by atoms with Crippen molar-refractivity contribution >= 4 is 5.78 Å². The van der Waals surface area contributed by atoms with E-state index in [0.29, 0.717) is 19.3 Å². The Hall–Kier alpha value is -2.36. The number of aromatic hydroxyl groups is 1. The molecule has 0 aromatic heterocycles. The monoisotopic (exact) mass is 316 g/mol. The summed E-state index contributed by atoms with van der Waals surface area (Å²) in [6.45, 7) is 0. The van der Waals surface area contributed by atoms with Crippen LogP contribution in [0, 0.1) is 0 Å². The minimum absolute atomic E-state index is 0.207. The van der Waals surface area contributed by atoms with E-state index in [4.69, 9.17) is 0 Å². The standard InChI is InChI=1S/C19H21FO3/c20-23-19-13-8-15(9-14-19)3-1-2-4-17(21)10-5-16-6-11-18(22)12-7-16/h6-9,11-14,22H,1-5,10H2. The smallest absolute Gasteiger partial charge is 0.171 e. The minimum atomic E-state index is 0.207. The lowest BCUT2D eigenvalue weighted by Crippen LogP contribution is -2.00. The average molecular weight is 316 g/mol. The summed E-state index contributed by atoms with van der Waals surface area (Å²) >= 11 is 0. The molecule has 0 atom stereocenters. The molecule has 4 heteroatoms. The molecule has 2 aromatic rings. The average Bonchev–Trinajstić information content (AvgIpc) is 2.59. The number of hydrogen-bond donors (Lipinski definition) is 1. The third-order valence-electron chi connectivity index (χ3n) is 3.81. The highest BCUT2D eigenvalue weighted by Gasteiger charge is 2.04. The summed E-state index contributed by atoms with van der Waals surface area (Å²) in [6.07, 6.45) is 4.50. The summed E-state index contributed by atoms with van der Waals surface area (Å²) in [5, 5.41) is 9.21. The largest absolute Gasteiger partial charge is 0.508 e. The third-order valence-corrected chi connectivity index (χ3v) is 3.81. The number of Topliss-reactive ketones (excluding diaryl/α,β-unsaturated/α-hetero) is 1. The molecule has 122 valence electrons. The molecule has 2 aromatic carbocycles. The first-order chi connectivity index (χ1) is 11.2. The number of ketones is 1. The highest BCUT2D eigenvalue weighted by Crippen LogP contribution is 2.15. The van der Waals surface area contributed by atoms with Crippen LogP contribution < -0.4 is 4.94 Å². The highest BCUT2D eigenvalue weighted by molar-refractivity contribution is 5.78. The van der Waals surface area contributed by atoms with Gasteiger partial charge in [-0.05, 0) is 61.1 Å². The summed E-state index contributed by atoms with van der Waals surface area (Å²) in [4.78, 5) is 15.5. The number of carbonyl (C=O) groups excluding carboxylic acids is 1. The SMILES string of the molecule is O=C(CCCCc1ccc(OF)cc1)CCc1ccc(O)cc1. The number of unbranched alkanes of at least 4 members (excludes halogenated alkanes) is 1. The molecule has 0 spiro atoms. The lowest BCUT2D eigenvalue weighted by Gasteiger charge is -2.04. The second kappa shape index (κ2) is 8.93. The first-order valence-corrected chi connectivity index (χ1v) is 7.84. The van der Waals surface area contributed by atoms with Crippen LogP contribution in [0.25, 0.3) is 0 Å². The number of carbonyl (C=O) groups is 1. The van der Waals surface area contributed by atoms with Gasteiger partial charge in [-0.1, -0.05) is 24.3 Å². The van der Waals surface area contributed by atoms with Crippen molar-refractivity contribution in [1.82, 2.24) is 0 Å². The molecule has 0 saturated heterocycles. The molecule has 0 radical (unpaired) electrons. The van der Waals surface area contributed by atoms with Crippen molar-refractivity contribution in [3.63, 3.8) is 0 Å². The number of phenolic OH excluding ortho intramolecular Hbond substituents is 1. The van der Waals surface area contributed by atoms with Gasteiger partial charge in [0, 0.05) is 17.4 Å². The van der Waals surface area contributed by atoms with Crippen LogP contribution in [0.2, 0.25) is 0 Å². The van der Waals surface area contributed by atoms with Gasteiger partial charge in [0.15, 0.2) is 5.75 Å². The van der Waals surface area contributed by atoms with Crippen LogP contribution in [0.1, 0.15) is 36.8 Å². The molecular weight excluding hydrogens is 295 g/mol. The molecule has 0 fully saturated rings. The summed E-state index contributed by atoms with van der Waals surface area (Å²) < 4.78 is 11.9. The second-order valence-corrected chi connectivity index (χ2v) is 5.63. The van der Waals surface area contributed by atoms with Gasteiger partial charge in [0.25, 0.3) is 0 Å². The first kappa shape index (κ1) is 17.0. The van der Waals surface area contributed by atoms with Crippen molar-refractivity contribution in [3.8, 4) is 11.5 Å². The molecular formula is C19H21FO3. The van der Waals surface area contributed by atoms with Gasteiger partial charge in [-0.2, -0.15) is 0 Å². The zero-order valence-corrected chi connectivity index (χ0v) is 13.0. The molecule has 0 saturated carbocycles. The zero-order chi connectivity index (χ0) is 16.5. The molecule has 0 aliphatic rings. The fourth-order valence-electron chi connectivity index (χ4n) is 2.43. The Morgan fingerprint density at radius 3 is 2.13 bits per heavy atom.